The Kier molecular flexibility index (Phi) is 5.51. The summed E-state index contributed by atoms with van der Waals surface area (Å²) in [4.78, 5) is 35.0. The summed E-state index contributed by atoms with van der Waals surface area (Å²) in [5.41, 5.74) is 1.63. The van der Waals surface area contributed by atoms with Crippen molar-refractivity contribution in [1.29, 1.82) is 0 Å². The number of nitrogens with zero attached hydrogens (tertiary/aromatic N) is 1. The average molecular weight is 436 g/mol. The van der Waals surface area contributed by atoms with Crippen LogP contribution in [0.5, 0.6) is 11.5 Å². The van der Waals surface area contributed by atoms with Gasteiger partial charge in [-0.25, -0.2) is 0 Å². The third-order valence-electron chi connectivity index (χ3n) is 4.54. The second-order valence-electron chi connectivity index (χ2n) is 6.72. The minimum absolute atomic E-state index is 0.0471. The van der Waals surface area contributed by atoms with Crippen molar-refractivity contribution in [2.24, 2.45) is 0 Å². The number of allylic oxidation sites excluding steroid dienone is 1. The van der Waals surface area contributed by atoms with E-state index in [0.717, 1.165) is 5.56 Å². The molecule has 0 saturated carbocycles. The van der Waals surface area contributed by atoms with E-state index in [2.05, 4.69) is 0 Å². The number of non-ortho nitro benzene ring substituents is 1. The van der Waals surface area contributed by atoms with Crippen LogP contribution in [0.1, 0.15) is 21.5 Å². The minimum Gasteiger partial charge on any atom is -0.452 e. The molecule has 0 bridgehead atoms. The summed E-state index contributed by atoms with van der Waals surface area (Å²) in [7, 11) is 0. The van der Waals surface area contributed by atoms with Gasteiger partial charge in [0.1, 0.15) is 11.5 Å². The summed E-state index contributed by atoms with van der Waals surface area (Å²) < 4.78 is 11.0. The van der Waals surface area contributed by atoms with Crippen molar-refractivity contribution >= 4 is 35.1 Å². The lowest BCUT2D eigenvalue weighted by atomic mass is 10.1. The average Bonchev–Trinajstić information content (AvgIpc) is 3.05. The third-order valence-corrected chi connectivity index (χ3v) is 4.79. The monoisotopic (exact) mass is 435 g/mol. The fraction of sp³-hybridized carbons (Fsp3) is 0.0435. The van der Waals surface area contributed by atoms with Crippen molar-refractivity contribution in [2.45, 2.75) is 6.42 Å². The molecule has 4 rings (SSSR count). The first-order chi connectivity index (χ1) is 14.9. The Morgan fingerprint density at radius 2 is 1.77 bits per heavy atom. The number of fused-ring (bicyclic) bond motifs is 1. The minimum atomic E-state index is -0.500. The molecule has 8 heteroatoms. The van der Waals surface area contributed by atoms with Crippen molar-refractivity contribution in [3.63, 3.8) is 0 Å². The van der Waals surface area contributed by atoms with Crippen molar-refractivity contribution in [2.75, 3.05) is 0 Å². The van der Waals surface area contributed by atoms with Crippen molar-refractivity contribution < 1.29 is 24.0 Å². The molecular weight excluding hydrogens is 422 g/mol. The first-order valence-corrected chi connectivity index (χ1v) is 9.55. The van der Waals surface area contributed by atoms with Gasteiger partial charge >= 0.3 is 5.97 Å². The Morgan fingerprint density at radius 3 is 2.45 bits per heavy atom. The van der Waals surface area contributed by atoms with E-state index < -0.39 is 10.9 Å². The van der Waals surface area contributed by atoms with Crippen LogP contribution >= 0.6 is 11.6 Å². The molecule has 0 spiro atoms. The number of hydrogen-bond acceptors (Lipinski definition) is 6. The van der Waals surface area contributed by atoms with Gasteiger partial charge in [0.15, 0.2) is 5.76 Å². The lowest BCUT2D eigenvalue weighted by molar-refractivity contribution is -0.384. The summed E-state index contributed by atoms with van der Waals surface area (Å²) in [5.74, 6) is -0.189. The standard InChI is InChI=1S/C23H14ClNO6/c24-16-5-1-15(2-6-16)12-22(26)30-18-9-10-19-20(13-18)31-21(23(19)27)11-14-3-7-17(8-4-14)25(28)29/h1-11,13H,12H2/b21-11-. The first kappa shape index (κ1) is 20.3. The normalized spacial score (nSPS) is 13.6. The summed E-state index contributed by atoms with van der Waals surface area (Å²) in [6.45, 7) is 0. The van der Waals surface area contributed by atoms with E-state index in [0.29, 0.717) is 16.1 Å². The number of nitro groups is 1. The van der Waals surface area contributed by atoms with Gasteiger partial charge in [-0.2, -0.15) is 0 Å². The van der Waals surface area contributed by atoms with E-state index in [-0.39, 0.29) is 35.1 Å². The zero-order valence-electron chi connectivity index (χ0n) is 15.9. The van der Waals surface area contributed by atoms with E-state index in [1.807, 2.05) is 0 Å². The van der Waals surface area contributed by atoms with E-state index in [1.165, 1.54) is 48.5 Å². The number of carbonyl (C=O) groups excluding carboxylic acids is 2. The molecule has 0 amide bonds. The van der Waals surface area contributed by atoms with Gasteiger partial charge in [0.05, 0.1) is 16.9 Å². The smallest absolute Gasteiger partial charge is 0.315 e. The highest BCUT2D eigenvalue weighted by Crippen LogP contribution is 2.35. The van der Waals surface area contributed by atoms with Crippen LogP contribution in [-0.2, 0) is 11.2 Å². The number of halogens is 1. The highest BCUT2D eigenvalue weighted by Gasteiger charge is 2.28. The fourth-order valence-electron chi connectivity index (χ4n) is 3.01. The number of esters is 1. The van der Waals surface area contributed by atoms with Crippen molar-refractivity contribution in [3.05, 3.63) is 104 Å². The van der Waals surface area contributed by atoms with Gasteiger partial charge in [0.25, 0.3) is 5.69 Å². The molecule has 3 aromatic carbocycles. The Labute approximate surface area is 181 Å². The van der Waals surface area contributed by atoms with Crippen LogP contribution in [0.15, 0.2) is 72.5 Å². The zero-order valence-corrected chi connectivity index (χ0v) is 16.7. The quantitative estimate of drug-likeness (QED) is 0.184. The Morgan fingerprint density at radius 1 is 1.06 bits per heavy atom. The summed E-state index contributed by atoms with van der Waals surface area (Å²) in [6.07, 6.45) is 1.57. The number of Topliss-reactive ketones (excluding diaryl/α,β-unsaturated/α-hetero) is 1. The molecule has 0 fully saturated rings. The lowest BCUT2D eigenvalue weighted by Crippen LogP contribution is -2.11. The third kappa shape index (κ3) is 4.62. The van der Waals surface area contributed by atoms with Gasteiger partial charge in [0.2, 0.25) is 5.78 Å². The molecule has 31 heavy (non-hydrogen) atoms. The molecule has 0 aliphatic carbocycles. The number of ketones is 1. The number of benzene rings is 3. The van der Waals surface area contributed by atoms with E-state index in [1.54, 1.807) is 24.3 Å². The molecular formula is C23H14ClNO6. The van der Waals surface area contributed by atoms with Crippen molar-refractivity contribution in [1.82, 2.24) is 0 Å². The Bertz CT molecular complexity index is 1220. The summed E-state index contributed by atoms with van der Waals surface area (Å²) >= 11 is 5.84. The number of rotatable bonds is 5. The predicted molar refractivity (Wildman–Crippen MR) is 113 cm³/mol. The molecule has 3 aromatic rings. The van der Waals surface area contributed by atoms with Crippen LogP contribution in [0.3, 0.4) is 0 Å². The summed E-state index contributed by atoms with van der Waals surface area (Å²) in [5, 5.41) is 11.3. The first-order valence-electron chi connectivity index (χ1n) is 9.17. The Hall–Kier alpha value is -3.97. The topological polar surface area (TPSA) is 95.7 Å². The number of ether oxygens (including phenoxy) is 2. The van der Waals surface area contributed by atoms with E-state index in [4.69, 9.17) is 21.1 Å². The molecule has 7 nitrogen and oxygen atoms in total. The Balaban J connectivity index is 1.46. The van der Waals surface area contributed by atoms with Gasteiger partial charge in [-0.15, -0.1) is 0 Å². The van der Waals surface area contributed by atoms with Gasteiger partial charge in [-0.3, -0.25) is 19.7 Å². The lowest BCUT2D eigenvalue weighted by Gasteiger charge is -2.06. The van der Waals surface area contributed by atoms with Gasteiger partial charge in [0, 0.05) is 23.2 Å². The maximum atomic E-state index is 12.6. The van der Waals surface area contributed by atoms with Crippen LogP contribution in [0.2, 0.25) is 5.02 Å². The van der Waals surface area contributed by atoms with Crippen molar-refractivity contribution in [3.8, 4) is 11.5 Å². The molecule has 0 radical (unpaired) electrons. The molecule has 0 unspecified atom stereocenters. The SMILES string of the molecule is O=C(Cc1ccc(Cl)cc1)Oc1ccc2c(c1)O/C(=C\c1ccc([N+](=O)[O-])cc1)C2=O. The van der Waals surface area contributed by atoms with Crippen LogP contribution in [0.25, 0.3) is 6.08 Å². The maximum Gasteiger partial charge on any atom is 0.315 e. The molecule has 0 aromatic heterocycles. The van der Waals surface area contributed by atoms with Gasteiger partial charge < -0.3 is 9.47 Å². The number of hydrogen-bond donors (Lipinski definition) is 0. The second-order valence-corrected chi connectivity index (χ2v) is 7.16. The number of carbonyl (C=O) groups is 2. The van der Waals surface area contributed by atoms with E-state index >= 15 is 0 Å². The largest absolute Gasteiger partial charge is 0.452 e. The maximum absolute atomic E-state index is 12.6. The van der Waals surface area contributed by atoms with Crippen LogP contribution in [0, 0.1) is 10.1 Å². The molecule has 0 N–H and O–H groups in total. The molecule has 154 valence electrons. The molecule has 1 aliphatic heterocycles. The van der Waals surface area contributed by atoms with Crippen LogP contribution in [-0.4, -0.2) is 16.7 Å². The van der Waals surface area contributed by atoms with Crippen LogP contribution in [0.4, 0.5) is 5.69 Å². The van der Waals surface area contributed by atoms with E-state index in [9.17, 15) is 19.7 Å². The molecule has 1 heterocycles. The molecule has 0 atom stereocenters. The predicted octanol–water partition coefficient (Wildman–Crippen LogP) is 5.01. The number of nitro benzene ring substituents is 1. The fourth-order valence-corrected chi connectivity index (χ4v) is 3.14. The zero-order chi connectivity index (χ0) is 22.0. The second kappa shape index (κ2) is 8.41. The molecule has 1 aliphatic rings. The van der Waals surface area contributed by atoms with Gasteiger partial charge in [-0.05, 0) is 53.6 Å². The summed E-state index contributed by atoms with van der Waals surface area (Å²) in [6, 6.07) is 17.1. The van der Waals surface area contributed by atoms with Crippen LogP contribution < -0.4 is 9.47 Å². The highest BCUT2D eigenvalue weighted by atomic mass is 35.5. The molecule has 0 saturated heterocycles. The van der Waals surface area contributed by atoms with Gasteiger partial charge in [-0.1, -0.05) is 23.7 Å². The highest BCUT2D eigenvalue weighted by molar-refractivity contribution is 6.30.